The number of nitrogens with one attached hydrogen (secondary N) is 2. The van der Waals surface area contributed by atoms with Crippen LogP contribution in [0.1, 0.15) is 48.8 Å². The number of fused-ring (bicyclic) bond motifs is 2. The fourth-order valence-electron chi connectivity index (χ4n) is 4.99. The van der Waals surface area contributed by atoms with E-state index in [0.29, 0.717) is 30.0 Å². The lowest BCUT2D eigenvalue weighted by molar-refractivity contribution is -0.132. The zero-order valence-corrected chi connectivity index (χ0v) is 17.0. The summed E-state index contributed by atoms with van der Waals surface area (Å²) in [5.74, 6) is 0.377. The lowest BCUT2D eigenvalue weighted by Crippen LogP contribution is -2.49. The fraction of sp³-hybridized carbons (Fsp3) is 0.455. The van der Waals surface area contributed by atoms with Gasteiger partial charge in [-0.05, 0) is 38.3 Å². The van der Waals surface area contributed by atoms with Crippen LogP contribution in [0.5, 0.6) is 0 Å². The maximum absolute atomic E-state index is 13.3. The first-order valence-electron chi connectivity index (χ1n) is 10.1. The predicted octanol–water partition coefficient (Wildman–Crippen LogP) is 2.22. The molecule has 2 aliphatic heterocycles. The van der Waals surface area contributed by atoms with Crippen molar-refractivity contribution in [2.45, 2.75) is 57.9 Å². The van der Waals surface area contributed by atoms with Crippen LogP contribution >= 0.6 is 0 Å². The molecule has 2 amide bonds. The summed E-state index contributed by atoms with van der Waals surface area (Å²) in [4.78, 5) is 47.5. The summed E-state index contributed by atoms with van der Waals surface area (Å²) in [6.07, 6.45) is 2.17. The maximum atomic E-state index is 13.3. The minimum atomic E-state index is -0.713. The molecule has 3 heterocycles. The number of nitrogens with zero attached hydrogens (tertiary/aromatic N) is 2. The largest absolute Gasteiger partial charge is 0.338 e. The molecule has 1 saturated heterocycles. The molecule has 0 unspecified atom stereocenters. The minimum Gasteiger partial charge on any atom is -0.338 e. The first-order chi connectivity index (χ1) is 13.9. The third-order valence-electron chi connectivity index (χ3n) is 6.30. The maximum Gasteiger partial charge on any atom is 0.254 e. The van der Waals surface area contributed by atoms with Crippen LogP contribution in [0.25, 0.3) is 0 Å². The average molecular weight is 394 g/mol. The van der Waals surface area contributed by atoms with E-state index in [0.717, 1.165) is 24.1 Å². The standard InChI is InChI=1S/C22H26N4O3/c1-4-7-18-22(16-8-5-6-9-17(16)25-21(22)29)10-11-26(18)19(27)12-15-13(2)23-14(3)24-20(15)28/h5-6,8-9,18H,4,7,10-12H2,1-3H3,(H,25,29)(H,23,24,28)/t18-,22+/m0/s1. The summed E-state index contributed by atoms with van der Waals surface area (Å²) in [7, 11) is 0. The number of amides is 2. The predicted molar refractivity (Wildman–Crippen MR) is 110 cm³/mol. The van der Waals surface area contributed by atoms with Crippen LogP contribution in [0, 0.1) is 13.8 Å². The first kappa shape index (κ1) is 19.4. The van der Waals surface area contributed by atoms with Gasteiger partial charge in [-0.25, -0.2) is 4.98 Å². The monoisotopic (exact) mass is 394 g/mol. The quantitative estimate of drug-likeness (QED) is 0.831. The van der Waals surface area contributed by atoms with Crippen molar-refractivity contribution in [1.29, 1.82) is 0 Å². The smallest absolute Gasteiger partial charge is 0.254 e. The highest BCUT2D eigenvalue weighted by Gasteiger charge is 2.58. The summed E-state index contributed by atoms with van der Waals surface area (Å²) >= 11 is 0. The van der Waals surface area contributed by atoms with Crippen LogP contribution in [-0.4, -0.2) is 39.3 Å². The van der Waals surface area contributed by atoms with Crippen molar-refractivity contribution in [2.75, 3.05) is 11.9 Å². The van der Waals surface area contributed by atoms with E-state index >= 15 is 0 Å². The van der Waals surface area contributed by atoms with Crippen LogP contribution in [0.2, 0.25) is 0 Å². The van der Waals surface area contributed by atoms with E-state index in [1.165, 1.54) is 0 Å². The van der Waals surface area contributed by atoms with Gasteiger partial charge in [0.1, 0.15) is 5.82 Å². The van der Waals surface area contributed by atoms with Crippen LogP contribution in [0.3, 0.4) is 0 Å². The van der Waals surface area contributed by atoms with Crippen LogP contribution in [0.15, 0.2) is 29.1 Å². The molecule has 1 aromatic carbocycles. The van der Waals surface area contributed by atoms with Crippen molar-refractivity contribution in [2.24, 2.45) is 0 Å². The summed E-state index contributed by atoms with van der Waals surface area (Å²) < 4.78 is 0. The third kappa shape index (κ3) is 2.96. The number of rotatable bonds is 4. The Bertz CT molecular complexity index is 1040. The molecule has 1 aromatic heterocycles. The molecule has 152 valence electrons. The summed E-state index contributed by atoms with van der Waals surface area (Å²) in [5, 5.41) is 3.01. The molecule has 1 fully saturated rings. The Morgan fingerprint density at radius 3 is 2.76 bits per heavy atom. The number of aromatic nitrogens is 2. The van der Waals surface area contributed by atoms with Gasteiger partial charge in [-0.1, -0.05) is 31.5 Å². The van der Waals surface area contributed by atoms with Gasteiger partial charge in [0.25, 0.3) is 5.56 Å². The Labute approximate surface area is 169 Å². The molecule has 7 nitrogen and oxygen atoms in total. The number of carbonyl (C=O) groups excluding carboxylic acids is 2. The number of hydrogen-bond donors (Lipinski definition) is 2. The van der Waals surface area contributed by atoms with Gasteiger partial charge < -0.3 is 15.2 Å². The van der Waals surface area contributed by atoms with E-state index in [1.807, 2.05) is 29.2 Å². The van der Waals surface area contributed by atoms with E-state index < -0.39 is 5.41 Å². The number of carbonyl (C=O) groups is 2. The zero-order chi connectivity index (χ0) is 20.8. The lowest BCUT2D eigenvalue weighted by Gasteiger charge is -2.34. The highest BCUT2D eigenvalue weighted by molar-refractivity contribution is 6.07. The second-order valence-electron chi connectivity index (χ2n) is 8.00. The van der Waals surface area contributed by atoms with Gasteiger partial charge in [0.15, 0.2) is 0 Å². The van der Waals surface area contributed by atoms with Crippen molar-refractivity contribution < 1.29 is 9.59 Å². The van der Waals surface area contributed by atoms with Gasteiger partial charge in [0.05, 0.1) is 17.9 Å². The van der Waals surface area contributed by atoms with Gasteiger partial charge in [-0.3, -0.25) is 14.4 Å². The fourth-order valence-corrected chi connectivity index (χ4v) is 4.99. The number of para-hydroxylation sites is 1. The Balaban J connectivity index is 1.68. The number of H-pyrrole nitrogens is 1. The molecule has 2 aliphatic rings. The van der Waals surface area contributed by atoms with E-state index in [1.54, 1.807) is 13.8 Å². The topological polar surface area (TPSA) is 95.2 Å². The van der Waals surface area contributed by atoms with Crippen molar-refractivity contribution in [1.82, 2.24) is 14.9 Å². The normalized spacial score (nSPS) is 22.8. The Morgan fingerprint density at radius 2 is 2.03 bits per heavy atom. The van der Waals surface area contributed by atoms with E-state index in [2.05, 4.69) is 22.2 Å². The second kappa shape index (κ2) is 7.13. The first-order valence-corrected chi connectivity index (χ1v) is 10.1. The van der Waals surface area contributed by atoms with E-state index in [-0.39, 0.29) is 29.8 Å². The number of likely N-dealkylation sites (tertiary alicyclic amines) is 1. The van der Waals surface area contributed by atoms with E-state index in [4.69, 9.17) is 0 Å². The Kier molecular flexibility index (Phi) is 4.76. The molecule has 2 aromatic rings. The van der Waals surface area contributed by atoms with Gasteiger partial charge in [0.2, 0.25) is 11.8 Å². The molecule has 0 radical (unpaired) electrons. The van der Waals surface area contributed by atoms with Crippen molar-refractivity contribution in [3.8, 4) is 0 Å². The molecular weight excluding hydrogens is 368 g/mol. The van der Waals surface area contributed by atoms with Crippen LogP contribution in [0.4, 0.5) is 5.69 Å². The molecule has 29 heavy (non-hydrogen) atoms. The average Bonchev–Trinajstić information content (AvgIpc) is 3.18. The molecule has 0 bridgehead atoms. The zero-order valence-electron chi connectivity index (χ0n) is 17.0. The molecule has 1 spiro atoms. The molecule has 0 aliphatic carbocycles. The van der Waals surface area contributed by atoms with Gasteiger partial charge in [-0.2, -0.15) is 0 Å². The molecule has 0 saturated carbocycles. The Hall–Kier alpha value is -2.96. The van der Waals surface area contributed by atoms with Crippen molar-refractivity contribution >= 4 is 17.5 Å². The molecule has 2 N–H and O–H groups in total. The van der Waals surface area contributed by atoms with Gasteiger partial charge in [0, 0.05) is 23.5 Å². The van der Waals surface area contributed by atoms with Crippen LogP contribution in [-0.2, 0) is 21.4 Å². The third-order valence-corrected chi connectivity index (χ3v) is 6.30. The van der Waals surface area contributed by atoms with Crippen molar-refractivity contribution in [3.05, 3.63) is 57.3 Å². The van der Waals surface area contributed by atoms with Gasteiger partial charge in [-0.15, -0.1) is 0 Å². The minimum absolute atomic E-state index is 0.00595. The number of anilines is 1. The highest BCUT2D eigenvalue weighted by atomic mass is 16.2. The van der Waals surface area contributed by atoms with Crippen molar-refractivity contribution in [3.63, 3.8) is 0 Å². The second-order valence-corrected chi connectivity index (χ2v) is 8.00. The number of benzene rings is 1. The molecule has 2 atom stereocenters. The summed E-state index contributed by atoms with van der Waals surface area (Å²) in [6, 6.07) is 7.53. The SMILES string of the molecule is CCC[C@@H]1N(C(=O)Cc2c(C)nc(C)[nH]c2=O)CC[C@]12C(=O)Nc1ccccc12. The van der Waals surface area contributed by atoms with Gasteiger partial charge >= 0.3 is 0 Å². The highest BCUT2D eigenvalue weighted by Crippen LogP contribution is 2.49. The lowest BCUT2D eigenvalue weighted by atomic mass is 9.73. The van der Waals surface area contributed by atoms with Crippen LogP contribution < -0.4 is 10.9 Å². The molecule has 7 heteroatoms. The molecule has 4 rings (SSSR count). The summed E-state index contributed by atoms with van der Waals surface area (Å²) in [5.41, 5.74) is 1.80. The number of aromatic amines is 1. The number of aryl methyl sites for hydroxylation is 2. The number of hydrogen-bond acceptors (Lipinski definition) is 4. The Morgan fingerprint density at radius 1 is 1.28 bits per heavy atom. The molecular formula is C22H26N4O3. The van der Waals surface area contributed by atoms with E-state index in [9.17, 15) is 14.4 Å². The summed E-state index contributed by atoms with van der Waals surface area (Å²) in [6.45, 7) is 6.03.